The summed E-state index contributed by atoms with van der Waals surface area (Å²) in [4.78, 5) is 27.3. The second-order valence-corrected chi connectivity index (χ2v) is 4.90. The van der Waals surface area contributed by atoms with Crippen molar-refractivity contribution >= 4 is 17.6 Å². The number of rotatable bonds is 3. The predicted octanol–water partition coefficient (Wildman–Crippen LogP) is 2.24. The van der Waals surface area contributed by atoms with Crippen LogP contribution < -0.4 is 5.43 Å². The van der Waals surface area contributed by atoms with Crippen LogP contribution in [0, 0.1) is 0 Å². The van der Waals surface area contributed by atoms with Crippen molar-refractivity contribution in [2.45, 2.75) is 19.9 Å². The van der Waals surface area contributed by atoms with E-state index in [4.69, 9.17) is 16.7 Å². The quantitative estimate of drug-likeness (QED) is 0.938. The van der Waals surface area contributed by atoms with Gasteiger partial charge in [-0.2, -0.15) is 5.10 Å². The molecule has 6 nitrogen and oxygen atoms in total. The Morgan fingerprint density at radius 1 is 1.40 bits per heavy atom. The zero-order valence-corrected chi connectivity index (χ0v) is 11.6. The molecule has 2 aromatic heterocycles. The lowest BCUT2D eigenvalue weighted by Crippen LogP contribution is -2.24. The average molecular weight is 294 g/mol. The van der Waals surface area contributed by atoms with Gasteiger partial charge in [-0.05, 0) is 26.0 Å². The molecule has 0 aliphatic heterocycles. The third kappa shape index (κ3) is 2.70. The predicted molar refractivity (Wildman–Crippen MR) is 74.1 cm³/mol. The normalized spacial score (nSPS) is 10.8. The third-order valence-electron chi connectivity index (χ3n) is 2.67. The number of hydrogen-bond acceptors (Lipinski definition) is 4. The van der Waals surface area contributed by atoms with Crippen LogP contribution in [0.15, 0.2) is 29.3 Å². The number of halogens is 1. The van der Waals surface area contributed by atoms with E-state index in [9.17, 15) is 9.59 Å². The first-order chi connectivity index (χ1) is 9.40. The Morgan fingerprint density at radius 2 is 2.10 bits per heavy atom. The SMILES string of the molecule is CC(C)n1cc(-c2ccc(Cl)cn2)c(=O)c(C(=O)O)n1. The molecule has 2 aromatic rings. The second kappa shape index (κ2) is 5.42. The van der Waals surface area contributed by atoms with Gasteiger partial charge in [0.25, 0.3) is 0 Å². The molecule has 0 amide bonds. The Kier molecular flexibility index (Phi) is 3.85. The van der Waals surface area contributed by atoms with Gasteiger partial charge in [-0.15, -0.1) is 0 Å². The highest BCUT2D eigenvalue weighted by Crippen LogP contribution is 2.16. The molecule has 0 atom stereocenters. The lowest BCUT2D eigenvalue weighted by molar-refractivity contribution is 0.0685. The molecule has 0 bridgehead atoms. The molecule has 2 heterocycles. The minimum Gasteiger partial charge on any atom is -0.476 e. The molecule has 7 heteroatoms. The van der Waals surface area contributed by atoms with Gasteiger partial charge >= 0.3 is 5.97 Å². The third-order valence-corrected chi connectivity index (χ3v) is 2.90. The van der Waals surface area contributed by atoms with Crippen molar-refractivity contribution in [1.29, 1.82) is 0 Å². The van der Waals surface area contributed by atoms with Crippen molar-refractivity contribution in [2.75, 3.05) is 0 Å². The maximum absolute atomic E-state index is 12.1. The Balaban J connectivity index is 2.71. The van der Waals surface area contributed by atoms with Crippen molar-refractivity contribution in [2.24, 2.45) is 0 Å². The molecule has 2 rings (SSSR count). The number of hydrogen-bond donors (Lipinski definition) is 1. The summed E-state index contributed by atoms with van der Waals surface area (Å²) in [5.74, 6) is -1.36. The highest BCUT2D eigenvalue weighted by atomic mass is 35.5. The van der Waals surface area contributed by atoms with Crippen LogP contribution in [0.4, 0.5) is 0 Å². The summed E-state index contributed by atoms with van der Waals surface area (Å²) in [5, 5.41) is 13.3. The average Bonchev–Trinajstić information content (AvgIpc) is 2.39. The van der Waals surface area contributed by atoms with Crippen LogP contribution in [-0.2, 0) is 0 Å². The van der Waals surface area contributed by atoms with E-state index in [1.807, 2.05) is 13.8 Å². The lowest BCUT2D eigenvalue weighted by atomic mass is 10.1. The van der Waals surface area contributed by atoms with Gasteiger partial charge in [0, 0.05) is 18.4 Å². The van der Waals surface area contributed by atoms with Gasteiger partial charge in [-0.25, -0.2) is 4.79 Å². The van der Waals surface area contributed by atoms with Crippen molar-refractivity contribution in [3.8, 4) is 11.3 Å². The van der Waals surface area contributed by atoms with Crippen LogP contribution >= 0.6 is 11.6 Å². The van der Waals surface area contributed by atoms with Crippen molar-refractivity contribution in [3.63, 3.8) is 0 Å². The zero-order chi connectivity index (χ0) is 14.9. The summed E-state index contributed by atoms with van der Waals surface area (Å²) in [6.45, 7) is 3.67. The number of nitrogens with zero attached hydrogens (tertiary/aromatic N) is 3. The number of carbonyl (C=O) groups is 1. The fourth-order valence-electron chi connectivity index (χ4n) is 1.63. The first kappa shape index (κ1) is 14.2. The maximum Gasteiger partial charge on any atom is 0.360 e. The van der Waals surface area contributed by atoms with Crippen LogP contribution in [0.25, 0.3) is 11.3 Å². The molecule has 0 fully saturated rings. The summed E-state index contributed by atoms with van der Waals surface area (Å²) < 4.78 is 1.43. The Labute approximate surface area is 119 Å². The number of carboxylic acid groups (broad SMARTS) is 1. The number of carboxylic acids is 1. The molecule has 0 unspecified atom stereocenters. The van der Waals surface area contributed by atoms with Gasteiger partial charge in [-0.3, -0.25) is 14.5 Å². The number of aromatic nitrogens is 3. The fourth-order valence-corrected chi connectivity index (χ4v) is 1.74. The zero-order valence-electron chi connectivity index (χ0n) is 10.9. The van der Waals surface area contributed by atoms with Gasteiger partial charge in [0.1, 0.15) is 0 Å². The summed E-state index contributed by atoms with van der Waals surface area (Å²) >= 11 is 5.75. The highest BCUT2D eigenvalue weighted by molar-refractivity contribution is 6.30. The van der Waals surface area contributed by atoms with Gasteiger partial charge in [0.05, 0.1) is 16.3 Å². The van der Waals surface area contributed by atoms with Crippen molar-refractivity contribution in [3.05, 3.63) is 45.5 Å². The van der Waals surface area contributed by atoms with E-state index < -0.39 is 17.1 Å². The molecule has 0 saturated heterocycles. The van der Waals surface area contributed by atoms with Gasteiger partial charge in [-0.1, -0.05) is 11.6 Å². The molecular weight excluding hydrogens is 282 g/mol. The largest absolute Gasteiger partial charge is 0.476 e. The number of aromatic carboxylic acids is 1. The van der Waals surface area contributed by atoms with E-state index >= 15 is 0 Å². The summed E-state index contributed by atoms with van der Waals surface area (Å²) in [6, 6.07) is 3.07. The smallest absolute Gasteiger partial charge is 0.360 e. The molecular formula is C13H12ClN3O3. The molecule has 0 saturated carbocycles. The highest BCUT2D eigenvalue weighted by Gasteiger charge is 2.18. The van der Waals surface area contributed by atoms with E-state index in [-0.39, 0.29) is 11.6 Å². The first-order valence-corrected chi connectivity index (χ1v) is 6.26. The number of pyridine rings is 1. The Hall–Kier alpha value is -2.21. The molecule has 104 valence electrons. The van der Waals surface area contributed by atoms with Gasteiger partial charge in [0.15, 0.2) is 0 Å². The van der Waals surface area contributed by atoms with Crippen LogP contribution in [-0.4, -0.2) is 25.8 Å². The van der Waals surface area contributed by atoms with E-state index in [1.165, 1.54) is 17.1 Å². The van der Waals surface area contributed by atoms with Gasteiger partial charge in [0.2, 0.25) is 11.1 Å². The molecule has 0 aromatic carbocycles. The van der Waals surface area contributed by atoms with Crippen molar-refractivity contribution in [1.82, 2.24) is 14.8 Å². The van der Waals surface area contributed by atoms with Crippen molar-refractivity contribution < 1.29 is 9.90 Å². The molecule has 0 aliphatic rings. The topological polar surface area (TPSA) is 85.1 Å². The molecule has 20 heavy (non-hydrogen) atoms. The van der Waals surface area contributed by atoms with E-state index in [1.54, 1.807) is 12.1 Å². The van der Waals surface area contributed by atoms with Crippen LogP contribution in [0.5, 0.6) is 0 Å². The first-order valence-electron chi connectivity index (χ1n) is 5.89. The van der Waals surface area contributed by atoms with E-state index in [0.717, 1.165) is 0 Å². The van der Waals surface area contributed by atoms with Gasteiger partial charge < -0.3 is 5.11 Å². The summed E-state index contributed by atoms with van der Waals surface area (Å²) in [7, 11) is 0. The minimum atomic E-state index is -1.36. The molecule has 1 N–H and O–H groups in total. The lowest BCUT2D eigenvalue weighted by Gasteiger charge is -2.12. The van der Waals surface area contributed by atoms with E-state index in [0.29, 0.717) is 10.7 Å². The monoisotopic (exact) mass is 293 g/mol. The summed E-state index contributed by atoms with van der Waals surface area (Å²) in [5.41, 5.74) is -0.640. The second-order valence-electron chi connectivity index (χ2n) is 4.46. The summed E-state index contributed by atoms with van der Waals surface area (Å²) in [6.07, 6.45) is 2.90. The molecule has 0 radical (unpaired) electrons. The van der Waals surface area contributed by atoms with Crippen LogP contribution in [0.1, 0.15) is 30.4 Å². The fraction of sp³-hybridized carbons (Fsp3) is 0.231. The maximum atomic E-state index is 12.1. The molecule has 0 spiro atoms. The van der Waals surface area contributed by atoms with Crippen LogP contribution in [0.2, 0.25) is 5.02 Å². The van der Waals surface area contributed by atoms with E-state index in [2.05, 4.69) is 10.1 Å². The Morgan fingerprint density at radius 3 is 2.60 bits per heavy atom. The molecule has 0 aliphatic carbocycles. The Bertz CT molecular complexity index is 708. The minimum absolute atomic E-state index is 0.0836. The van der Waals surface area contributed by atoms with Crippen LogP contribution in [0.3, 0.4) is 0 Å². The standard InChI is InChI=1S/C13H12ClN3O3/c1-7(2)17-6-9(10-4-3-8(14)5-15-10)12(18)11(16-17)13(19)20/h3-7H,1-2H3,(H,19,20).